The van der Waals surface area contributed by atoms with E-state index in [1.807, 2.05) is 4.90 Å². The van der Waals surface area contributed by atoms with Gasteiger partial charge >= 0.3 is 6.03 Å². The highest BCUT2D eigenvalue weighted by atomic mass is 16.5. The maximum Gasteiger partial charge on any atom is 0.317 e. The van der Waals surface area contributed by atoms with E-state index >= 15 is 0 Å². The van der Waals surface area contributed by atoms with E-state index in [-0.39, 0.29) is 11.4 Å². The molecule has 3 rings (SSSR count). The van der Waals surface area contributed by atoms with E-state index in [2.05, 4.69) is 10.2 Å². The minimum absolute atomic E-state index is 0.134. The van der Waals surface area contributed by atoms with Crippen LogP contribution in [0.1, 0.15) is 51.4 Å². The van der Waals surface area contributed by atoms with Crippen LogP contribution in [-0.4, -0.2) is 68.3 Å². The predicted molar refractivity (Wildman–Crippen MR) is 91.6 cm³/mol. The third kappa shape index (κ3) is 4.18. The molecule has 1 atom stereocenters. The molecule has 0 spiro atoms. The highest BCUT2D eigenvalue weighted by Gasteiger charge is 2.37. The second kappa shape index (κ2) is 7.84. The first-order chi connectivity index (χ1) is 11.2. The van der Waals surface area contributed by atoms with Crippen LogP contribution in [0.15, 0.2) is 0 Å². The van der Waals surface area contributed by atoms with Crippen LogP contribution in [0.25, 0.3) is 0 Å². The fourth-order valence-electron chi connectivity index (χ4n) is 4.48. The molecular weight excluding hydrogens is 290 g/mol. The zero-order valence-electron chi connectivity index (χ0n) is 14.7. The first-order valence-corrected chi connectivity index (χ1v) is 9.48. The summed E-state index contributed by atoms with van der Waals surface area (Å²) >= 11 is 0. The van der Waals surface area contributed by atoms with E-state index in [1.165, 1.54) is 51.6 Å². The minimum atomic E-state index is 0.134. The van der Waals surface area contributed by atoms with Crippen molar-refractivity contribution in [3.63, 3.8) is 0 Å². The molecule has 0 unspecified atom stereocenters. The molecule has 1 N–H and O–H groups in total. The predicted octanol–water partition coefficient (Wildman–Crippen LogP) is 2.46. The Bertz CT molecular complexity index is 392. The molecule has 5 nitrogen and oxygen atoms in total. The highest BCUT2D eigenvalue weighted by molar-refractivity contribution is 5.74. The molecule has 2 aliphatic heterocycles. The van der Waals surface area contributed by atoms with E-state index in [0.717, 1.165) is 39.1 Å². The Kier molecular flexibility index (Phi) is 5.81. The molecule has 0 bridgehead atoms. The summed E-state index contributed by atoms with van der Waals surface area (Å²) in [5.74, 6) is 0. The quantitative estimate of drug-likeness (QED) is 0.845. The van der Waals surface area contributed by atoms with Crippen molar-refractivity contribution in [1.82, 2.24) is 15.1 Å². The van der Waals surface area contributed by atoms with E-state index in [1.54, 1.807) is 7.11 Å². The third-order valence-electron chi connectivity index (χ3n) is 6.12. The number of amides is 2. The standard InChI is InChI=1S/C18H33N3O2/c1-23-15-18(8-5-9-18)14-19-17(22)21-12-4-6-16(7-13-21)20-10-2-3-11-20/h16H,2-15H2,1H3,(H,19,22)/t16-/m0/s1. The number of ether oxygens (including phenoxy) is 1. The maximum absolute atomic E-state index is 12.5. The summed E-state index contributed by atoms with van der Waals surface area (Å²) in [5.41, 5.74) is 0.203. The second-order valence-corrected chi connectivity index (χ2v) is 7.76. The van der Waals surface area contributed by atoms with Gasteiger partial charge in [-0.05, 0) is 58.0 Å². The summed E-state index contributed by atoms with van der Waals surface area (Å²) in [5, 5.41) is 3.19. The van der Waals surface area contributed by atoms with Crippen molar-refractivity contribution in [2.24, 2.45) is 5.41 Å². The Morgan fingerprint density at radius 3 is 2.52 bits per heavy atom. The van der Waals surface area contributed by atoms with Crippen LogP contribution < -0.4 is 5.32 Å². The fraction of sp³-hybridized carbons (Fsp3) is 0.944. The number of likely N-dealkylation sites (tertiary alicyclic amines) is 2. The van der Waals surface area contributed by atoms with Crippen LogP contribution in [-0.2, 0) is 4.74 Å². The fourth-order valence-corrected chi connectivity index (χ4v) is 4.48. The molecule has 2 saturated heterocycles. The van der Waals surface area contributed by atoms with Gasteiger partial charge in [0.15, 0.2) is 0 Å². The molecule has 3 aliphatic rings. The lowest BCUT2D eigenvalue weighted by Gasteiger charge is -2.41. The summed E-state index contributed by atoms with van der Waals surface area (Å²) in [6.45, 7) is 5.88. The second-order valence-electron chi connectivity index (χ2n) is 7.76. The molecule has 23 heavy (non-hydrogen) atoms. The molecule has 132 valence electrons. The monoisotopic (exact) mass is 323 g/mol. The summed E-state index contributed by atoms with van der Waals surface area (Å²) in [7, 11) is 1.76. The van der Waals surface area contributed by atoms with Crippen LogP contribution in [0.5, 0.6) is 0 Å². The van der Waals surface area contributed by atoms with Gasteiger partial charge in [-0.1, -0.05) is 6.42 Å². The Balaban J connectivity index is 1.44. The number of hydrogen-bond donors (Lipinski definition) is 1. The zero-order chi connectivity index (χ0) is 16.1. The summed E-state index contributed by atoms with van der Waals surface area (Å²) < 4.78 is 5.35. The highest BCUT2D eigenvalue weighted by Crippen LogP contribution is 2.40. The van der Waals surface area contributed by atoms with E-state index in [4.69, 9.17) is 4.74 Å². The van der Waals surface area contributed by atoms with Crippen molar-refractivity contribution >= 4 is 6.03 Å². The number of urea groups is 1. The largest absolute Gasteiger partial charge is 0.384 e. The van der Waals surface area contributed by atoms with Gasteiger partial charge in [0.1, 0.15) is 0 Å². The maximum atomic E-state index is 12.5. The Morgan fingerprint density at radius 1 is 1.09 bits per heavy atom. The molecular formula is C18H33N3O2. The molecule has 0 aromatic rings. The first kappa shape index (κ1) is 17.0. The van der Waals surface area contributed by atoms with Gasteiger partial charge in [0.2, 0.25) is 0 Å². The molecule has 1 aliphatic carbocycles. The normalized spacial score (nSPS) is 28.2. The molecule has 3 fully saturated rings. The van der Waals surface area contributed by atoms with Crippen LogP contribution in [0.4, 0.5) is 4.79 Å². The van der Waals surface area contributed by atoms with Crippen molar-refractivity contribution in [3.8, 4) is 0 Å². The minimum Gasteiger partial charge on any atom is -0.384 e. The van der Waals surface area contributed by atoms with E-state index in [9.17, 15) is 4.79 Å². The number of nitrogens with zero attached hydrogens (tertiary/aromatic N) is 2. The van der Waals surface area contributed by atoms with Crippen molar-refractivity contribution in [3.05, 3.63) is 0 Å². The van der Waals surface area contributed by atoms with Gasteiger partial charge in [-0.3, -0.25) is 0 Å². The van der Waals surface area contributed by atoms with Gasteiger partial charge in [0, 0.05) is 38.2 Å². The summed E-state index contributed by atoms with van der Waals surface area (Å²) in [6, 6.07) is 0.830. The zero-order valence-corrected chi connectivity index (χ0v) is 14.7. The molecule has 0 aromatic carbocycles. The Labute approximate surface area is 140 Å². The number of nitrogens with one attached hydrogen (secondary N) is 1. The number of carbonyl (C=O) groups is 1. The van der Waals surface area contributed by atoms with E-state index in [0.29, 0.717) is 6.04 Å². The SMILES string of the molecule is COCC1(CNC(=O)N2CCC[C@H](N3CCCC3)CC2)CCC1. The van der Waals surface area contributed by atoms with Crippen LogP contribution in [0, 0.1) is 5.41 Å². The van der Waals surface area contributed by atoms with Gasteiger partial charge in [0.25, 0.3) is 0 Å². The van der Waals surface area contributed by atoms with Crippen molar-refractivity contribution in [1.29, 1.82) is 0 Å². The lowest BCUT2D eigenvalue weighted by atomic mass is 9.69. The number of carbonyl (C=O) groups excluding carboxylic acids is 1. The molecule has 0 radical (unpaired) electrons. The topological polar surface area (TPSA) is 44.8 Å². The molecule has 1 saturated carbocycles. The molecule has 2 amide bonds. The number of methoxy groups -OCH3 is 1. The average molecular weight is 323 g/mol. The van der Waals surface area contributed by atoms with Gasteiger partial charge in [-0.25, -0.2) is 4.79 Å². The molecule has 5 heteroatoms. The summed E-state index contributed by atoms with van der Waals surface area (Å²) in [4.78, 5) is 17.2. The van der Waals surface area contributed by atoms with Crippen LogP contribution in [0.3, 0.4) is 0 Å². The van der Waals surface area contributed by atoms with Crippen molar-refractivity contribution in [2.45, 2.75) is 57.4 Å². The lowest BCUT2D eigenvalue weighted by molar-refractivity contribution is 0.0191. The Hall–Kier alpha value is -0.810. The summed E-state index contributed by atoms with van der Waals surface area (Å²) in [6.07, 6.45) is 9.84. The van der Waals surface area contributed by atoms with Gasteiger partial charge in [-0.2, -0.15) is 0 Å². The van der Waals surface area contributed by atoms with Gasteiger partial charge < -0.3 is 19.9 Å². The molecule has 0 aromatic heterocycles. The average Bonchev–Trinajstić information content (AvgIpc) is 2.94. The lowest BCUT2D eigenvalue weighted by Crippen LogP contribution is -2.49. The molecule has 2 heterocycles. The van der Waals surface area contributed by atoms with Gasteiger partial charge in [-0.15, -0.1) is 0 Å². The smallest absolute Gasteiger partial charge is 0.317 e. The third-order valence-corrected chi connectivity index (χ3v) is 6.12. The Morgan fingerprint density at radius 2 is 1.87 bits per heavy atom. The van der Waals surface area contributed by atoms with Crippen LogP contribution in [0.2, 0.25) is 0 Å². The van der Waals surface area contributed by atoms with E-state index < -0.39 is 0 Å². The number of hydrogen-bond acceptors (Lipinski definition) is 3. The van der Waals surface area contributed by atoms with Crippen molar-refractivity contribution < 1.29 is 9.53 Å². The van der Waals surface area contributed by atoms with Crippen LogP contribution >= 0.6 is 0 Å². The van der Waals surface area contributed by atoms with Gasteiger partial charge in [0.05, 0.1) is 6.61 Å². The number of rotatable bonds is 5. The van der Waals surface area contributed by atoms with Crippen molar-refractivity contribution in [2.75, 3.05) is 46.4 Å². The first-order valence-electron chi connectivity index (χ1n) is 9.48.